The molecule has 1 aromatic carbocycles. The molecule has 0 radical (unpaired) electrons. The van der Waals surface area contributed by atoms with Gasteiger partial charge in [-0.2, -0.15) is 13.2 Å². The quantitative estimate of drug-likeness (QED) is 0.656. The average Bonchev–Trinajstić information content (AvgIpc) is 2.06. The number of halogens is 3. The van der Waals surface area contributed by atoms with E-state index in [0.29, 0.717) is 5.56 Å². The van der Waals surface area contributed by atoms with Crippen molar-refractivity contribution in [3.05, 3.63) is 34.4 Å². The van der Waals surface area contributed by atoms with Gasteiger partial charge in [0.05, 0.1) is 5.56 Å². The zero-order valence-corrected chi connectivity index (χ0v) is 8.70. The lowest BCUT2D eigenvalue weighted by Gasteiger charge is -2.15. The van der Waals surface area contributed by atoms with Crippen LogP contribution in [0.3, 0.4) is 0 Å². The number of alkyl halides is 3. The first kappa shape index (κ1) is 11.8. The van der Waals surface area contributed by atoms with Crippen LogP contribution in [0.5, 0.6) is 0 Å². The summed E-state index contributed by atoms with van der Waals surface area (Å²) in [5.41, 5.74) is -0.414. The largest absolute Gasteiger partial charge is 0.417 e. The van der Waals surface area contributed by atoms with Crippen LogP contribution in [0.4, 0.5) is 13.2 Å². The molecule has 0 spiro atoms. The van der Waals surface area contributed by atoms with Crippen molar-refractivity contribution >= 4 is 5.78 Å². The van der Waals surface area contributed by atoms with Crippen LogP contribution in [-0.4, -0.2) is 5.78 Å². The summed E-state index contributed by atoms with van der Waals surface area (Å²) in [7, 11) is 0. The second-order valence-corrected chi connectivity index (χ2v) is 3.48. The summed E-state index contributed by atoms with van der Waals surface area (Å²) in [5, 5.41) is 0. The second kappa shape index (κ2) is 3.68. The van der Waals surface area contributed by atoms with E-state index < -0.39 is 17.5 Å². The van der Waals surface area contributed by atoms with Crippen LogP contribution in [0.1, 0.15) is 34.0 Å². The van der Waals surface area contributed by atoms with Crippen LogP contribution in [0, 0.1) is 13.8 Å². The first-order valence-corrected chi connectivity index (χ1v) is 4.43. The molecule has 1 rings (SSSR count). The minimum Gasteiger partial charge on any atom is -0.294 e. The highest BCUT2D eigenvalue weighted by molar-refractivity contribution is 5.96. The summed E-state index contributed by atoms with van der Waals surface area (Å²) < 4.78 is 38.1. The fourth-order valence-electron chi connectivity index (χ4n) is 1.47. The van der Waals surface area contributed by atoms with E-state index in [1.165, 1.54) is 19.1 Å². The summed E-state index contributed by atoms with van der Waals surface area (Å²) in [6.07, 6.45) is -4.48. The molecular formula is C11H11F3O. The maximum absolute atomic E-state index is 12.7. The highest BCUT2D eigenvalue weighted by atomic mass is 19.4. The Hall–Kier alpha value is -1.32. The predicted octanol–water partition coefficient (Wildman–Crippen LogP) is 3.52. The van der Waals surface area contributed by atoms with E-state index in [9.17, 15) is 18.0 Å². The van der Waals surface area contributed by atoms with E-state index in [0.717, 1.165) is 6.92 Å². The van der Waals surface area contributed by atoms with E-state index in [2.05, 4.69) is 0 Å². The van der Waals surface area contributed by atoms with Gasteiger partial charge in [-0.3, -0.25) is 4.79 Å². The molecule has 0 bridgehead atoms. The first-order valence-electron chi connectivity index (χ1n) is 4.43. The van der Waals surface area contributed by atoms with Crippen molar-refractivity contribution in [3.8, 4) is 0 Å². The molecule has 0 saturated heterocycles. The maximum atomic E-state index is 12.7. The monoisotopic (exact) mass is 216 g/mol. The molecule has 82 valence electrons. The number of aryl methyl sites for hydroxylation is 1. The second-order valence-electron chi connectivity index (χ2n) is 3.48. The van der Waals surface area contributed by atoms with Gasteiger partial charge >= 0.3 is 6.18 Å². The molecule has 0 aliphatic heterocycles. The molecule has 0 aliphatic rings. The minimum absolute atomic E-state index is 0.121. The van der Waals surface area contributed by atoms with Gasteiger partial charge in [0.2, 0.25) is 0 Å². The third kappa shape index (κ3) is 2.19. The summed E-state index contributed by atoms with van der Waals surface area (Å²) in [6, 6.07) is 2.76. The minimum atomic E-state index is -4.48. The zero-order valence-electron chi connectivity index (χ0n) is 8.70. The van der Waals surface area contributed by atoms with Gasteiger partial charge in [0.15, 0.2) is 5.78 Å². The Balaban J connectivity index is 3.57. The number of rotatable bonds is 1. The van der Waals surface area contributed by atoms with Crippen LogP contribution < -0.4 is 0 Å². The van der Waals surface area contributed by atoms with Crippen molar-refractivity contribution in [1.29, 1.82) is 0 Å². The highest BCUT2D eigenvalue weighted by Crippen LogP contribution is 2.35. The van der Waals surface area contributed by atoms with Crippen LogP contribution in [0.15, 0.2) is 12.1 Å². The number of hydrogen-bond donors (Lipinski definition) is 0. The molecule has 4 heteroatoms. The smallest absolute Gasteiger partial charge is 0.294 e. The molecule has 15 heavy (non-hydrogen) atoms. The average molecular weight is 216 g/mol. The van der Waals surface area contributed by atoms with Crippen LogP contribution in [-0.2, 0) is 6.18 Å². The Labute approximate surface area is 85.9 Å². The van der Waals surface area contributed by atoms with Gasteiger partial charge in [0.1, 0.15) is 0 Å². The molecule has 0 heterocycles. The molecular weight excluding hydrogens is 205 g/mol. The Morgan fingerprint density at radius 2 is 1.73 bits per heavy atom. The third-order valence-electron chi connectivity index (χ3n) is 2.40. The van der Waals surface area contributed by atoms with Gasteiger partial charge in [-0.1, -0.05) is 12.1 Å². The van der Waals surface area contributed by atoms with E-state index in [1.54, 1.807) is 6.92 Å². The third-order valence-corrected chi connectivity index (χ3v) is 2.40. The lowest BCUT2D eigenvalue weighted by Crippen LogP contribution is -2.14. The summed E-state index contributed by atoms with van der Waals surface area (Å²) in [5.74, 6) is -0.564. The van der Waals surface area contributed by atoms with Crippen LogP contribution >= 0.6 is 0 Å². The predicted molar refractivity (Wildman–Crippen MR) is 50.9 cm³/mol. The Kier molecular flexibility index (Phi) is 2.88. The lowest BCUT2D eigenvalue weighted by molar-refractivity contribution is -0.138. The zero-order chi connectivity index (χ0) is 11.8. The SMILES string of the molecule is CC(=O)c1ccc(C)c(C)c1C(F)(F)F. The van der Waals surface area contributed by atoms with Crippen molar-refractivity contribution < 1.29 is 18.0 Å². The van der Waals surface area contributed by atoms with Crippen LogP contribution in [0.25, 0.3) is 0 Å². The topological polar surface area (TPSA) is 17.1 Å². The van der Waals surface area contributed by atoms with E-state index in [1.807, 2.05) is 0 Å². The van der Waals surface area contributed by atoms with Crippen molar-refractivity contribution in [2.75, 3.05) is 0 Å². The standard InChI is InChI=1S/C11H11F3O/c1-6-4-5-9(8(3)15)10(7(6)2)11(12,13)14/h4-5H,1-3H3. The number of carbonyl (C=O) groups is 1. The molecule has 0 amide bonds. The molecule has 1 nitrogen and oxygen atoms in total. The molecule has 0 aromatic heterocycles. The maximum Gasteiger partial charge on any atom is 0.417 e. The number of ketones is 1. The normalized spacial score (nSPS) is 11.6. The summed E-state index contributed by atoms with van der Waals surface area (Å²) in [4.78, 5) is 11.1. The van der Waals surface area contributed by atoms with Crippen LogP contribution in [0.2, 0.25) is 0 Å². The number of Topliss-reactive ketones (excluding diaryl/α,β-unsaturated/α-hetero) is 1. The van der Waals surface area contributed by atoms with Gasteiger partial charge < -0.3 is 0 Å². The number of benzene rings is 1. The molecule has 0 N–H and O–H groups in total. The highest BCUT2D eigenvalue weighted by Gasteiger charge is 2.36. The fourth-order valence-corrected chi connectivity index (χ4v) is 1.47. The Morgan fingerprint density at radius 1 is 1.20 bits per heavy atom. The molecule has 0 unspecified atom stereocenters. The van der Waals surface area contributed by atoms with Crippen molar-refractivity contribution in [2.45, 2.75) is 26.9 Å². The van der Waals surface area contributed by atoms with E-state index >= 15 is 0 Å². The number of carbonyl (C=O) groups excluding carboxylic acids is 1. The van der Waals surface area contributed by atoms with E-state index in [-0.39, 0.29) is 11.1 Å². The van der Waals surface area contributed by atoms with Gasteiger partial charge in [-0.15, -0.1) is 0 Å². The molecule has 0 saturated carbocycles. The molecule has 0 fully saturated rings. The van der Waals surface area contributed by atoms with Crippen molar-refractivity contribution in [2.24, 2.45) is 0 Å². The van der Waals surface area contributed by atoms with Gasteiger partial charge in [-0.25, -0.2) is 0 Å². The molecule has 0 aliphatic carbocycles. The van der Waals surface area contributed by atoms with Crippen molar-refractivity contribution in [3.63, 3.8) is 0 Å². The fraction of sp³-hybridized carbons (Fsp3) is 0.364. The van der Waals surface area contributed by atoms with E-state index in [4.69, 9.17) is 0 Å². The lowest BCUT2D eigenvalue weighted by atomic mass is 9.95. The molecule has 1 aromatic rings. The summed E-state index contributed by atoms with van der Waals surface area (Å²) in [6.45, 7) is 4.11. The van der Waals surface area contributed by atoms with Gasteiger partial charge in [0.25, 0.3) is 0 Å². The van der Waals surface area contributed by atoms with Gasteiger partial charge in [-0.05, 0) is 31.9 Å². The first-order chi connectivity index (χ1) is 6.75. The van der Waals surface area contributed by atoms with Crippen molar-refractivity contribution in [1.82, 2.24) is 0 Å². The number of hydrogen-bond acceptors (Lipinski definition) is 1. The Bertz CT molecular complexity index is 405. The molecule has 0 atom stereocenters. The summed E-state index contributed by atoms with van der Waals surface area (Å²) >= 11 is 0. The van der Waals surface area contributed by atoms with Gasteiger partial charge in [0, 0.05) is 5.56 Å². The Morgan fingerprint density at radius 3 is 2.13 bits per heavy atom.